The summed E-state index contributed by atoms with van der Waals surface area (Å²) >= 11 is 0. The molecule has 1 aliphatic heterocycles. The van der Waals surface area contributed by atoms with E-state index in [1.54, 1.807) is 18.3 Å². The maximum Gasteiger partial charge on any atom is 0.225 e. The molecule has 37 heavy (non-hydrogen) atoms. The fourth-order valence-corrected chi connectivity index (χ4v) is 4.28. The first-order valence-electron chi connectivity index (χ1n) is 11.9. The third-order valence-corrected chi connectivity index (χ3v) is 6.31. The molecule has 0 atom stereocenters. The average molecular weight is 499 g/mol. The van der Waals surface area contributed by atoms with Gasteiger partial charge in [-0.1, -0.05) is 13.0 Å². The van der Waals surface area contributed by atoms with Gasteiger partial charge in [0.05, 0.1) is 11.9 Å². The van der Waals surface area contributed by atoms with E-state index in [9.17, 15) is 4.39 Å². The van der Waals surface area contributed by atoms with Crippen molar-refractivity contribution in [1.82, 2.24) is 44.5 Å². The number of fused-ring (bicyclic) bond motifs is 1. The van der Waals surface area contributed by atoms with Gasteiger partial charge in [0, 0.05) is 43.9 Å². The topological polar surface area (TPSA) is 112 Å². The number of ether oxygens (including phenoxy) is 1. The van der Waals surface area contributed by atoms with E-state index in [-0.39, 0.29) is 12.3 Å². The van der Waals surface area contributed by atoms with Gasteiger partial charge in [-0.25, -0.2) is 19.3 Å². The number of hydrogen-bond donors (Lipinski definition) is 0. The zero-order valence-corrected chi connectivity index (χ0v) is 20.1. The van der Waals surface area contributed by atoms with Crippen LogP contribution in [0, 0.1) is 5.82 Å². The predicted octanol–water partition coefficient (Wildman–Crippen LogP) is 3.07. The van der Waals surface area contributed by atoms with Gasteiger partial charge >= 0.3 is 0 Å². The maximum absolute atomic E-state index is 14.5. The van der Waals surface area contributed by atoms with Crippen molar-refractivity contribution < 1.29 is 9.13 Å². The Morgan fingerprint density at radius 2 is 1.97 bits per heavy atom. The van der Waals surface area contributed by atoms with Gasteiger partial charge < -0.3 is 9.64 Å². The minimum atomic E-state index is -0.496. The monoisotopic (exact) mass is 498 g/mol. The highest BCUT2D eigenvalue weighted by molar-refractivity contribution is 5.68. The lowest BCUT2D eigenvalue weighted by atomic mass is 10.1. The highest BCUT2D eigenvalue weighted by atomic mass is 19.1. The molecule has 12 heteroatoms. The molecule has 1 aromatic carbocycles. The molecule has 0 fully saturated rings. The zero-order valence-electron chi connectivity index (χ0n) is 20.1. The molecule has 6 rings (SSSR count). The highest BCUT2D eigenvalue weighted by Crippen LogP contribution is 2.26. The SMILES string of the molecule is CCc1cnc(N2CC=C(c3cnc4c(COc5ccc(-n6cnnn6)c(F)c5)nccn34)CC2)nc1. The first-order chi connectivity index (χ1) is 18.2. The van der Waals surface area contributed by atoms with Gasteiger partial charge in [0.1, 0.15) is 30.1 Å². The lowest BCUT2D eigenvalue weighted by molar-refractivity contribution is 0.300. The van der Waals surface area contributed by atoms with Crippen LogP contribution in [0.5, 0.6) is 5.75 Å². The van der Waals surface area contributed by atoms with E-state index in [0.717, 1.165) is 43.1 Å². The van der Waals surface area contributed by atoms with E-state index in [2.05, 4.69) is 53.4 Å². The van der Waals surface area contributed by atoms with Crippen LogP contribution in [0.1, 0.15) is 30.3 Å². The summed E-state index contributed by atoms with van der Waals surface area (Å²) in [4.78, 5) is 20.2. The molecule has 0 amide bonds. The Morgan fingerprint density at radius 1 is 1.08 bits per heavy atom. The van der Waals surface area contributed by atoms with Crippen molar-refractivity contribution in [2.24, 2.45) is 0 Å². The Balaban J connectivity index is 1.17. The number of aromatic nitrogens is 9. The number of tetrazole rings is 1. The second-order valence-corrected chi connectivity index (χ2v) is 8.54. The van der Waals surface area contributed by atoms with Gasteiger partial charge in [-0.3, -0.25) is 9.38 Å². The summed E-state index contributed by atoms with van der Waals surface area (Å²) in [6.07, 6.45) is 14.5. The van der Waals surface area contributed by atoms with Crippen molar-refractivity contribution >= 4 is 17.2 Å². The molecule has 1 aliphatic rings. The molecular formula is C25H23FN10O. The van der Waals surface area contributed by atoms with E-state index >= 15 is 0 Å². The number of benzene rings is 1. The second kappa shape index (κ2) is 9.72. The summed E-state index contributed by atoms with van der Waals surface area (Å²) in [6, 6.07) is 4.52. The van der Waals surface area contributed by atoms with Crippen molar-refractivity contribution in [3.05, 3.63) is 84.4 Å². The van der Waals surface area contributed by atoms with Gasteiger partial charge in [0.25, 0.3) is 0 Å². The molecule has 0 spiro atoms. The third kappa shape index (κ3) is 4.48. The molecule has 5 heterocycles. The van der Waals surface area contributed by atoms with Gasteiger partial charge in [-0.05, 0) is 46.5 Å². The molecule has 0 saturated carbocycles. The fourth-order valence-electron chi connectivity index (χ4n) is 4.28. The molecule has 186 valence electrons. The van der Waals surface area contributed by atoms with Gasteiger partial charge in [0.2, 0.25) is 5.95 Å². The Morgan fingerprint density at radius 3 is 2.70 bits per heavy atom. The molecule has 11 nitrogen and oxygen atoms in total. The van der Waals surface area contributed by atoms with Crippen molar-refractivity contribution in [3.63, 3.8) is 0 Å². The fraction of sp³-hybridized carbons (Fsp3) is 0.240. The van der Waals surface area contributed by atoms with E-state index in [1.807, 2.05) is 29.2 Å². The molecule has 5 aromatic rings. The number of halogens is 1. The molecule has 0 bridgehead atoms. The molecule has 0 saturated heterocycles. The summed E-state index contributed by atoms with van der Waals surface area (Å²) in [5, 5.41) is 10.8. The maximum atomic E-state index is 14.5. The van der Waals surface area contributed by atoms with E-state index in [0.29, 0.717) is 17.1 Å². The minimum Gasteiger partial charge on any atom is -0.487 e. The van der Waals surface area contributed by atoms with Crippen LogP contribution in [-0.4, -0.2) is 57.6 Å². The number of aryl methyl sites for hydroxylation is 1. The Kier molecular flexibility index (Phi) is 5.97. The summed E-state index contributed by atoms with van der Waals surface area (Å²) in [5.74, 6) is 0.620. The largest absolute Gasteiger partial charge is 0.487 e. The van der Waals surface area contributed by atoms with Crippen molar-refractivity contribution in [1.29, 1.82) is 0 Å². The van der Waals surface area contributed by atoms with Crippen LogP contribution in [0.15, 0.2) is 61.6 Å². The zero-order chi connectivity index (χ0) is 25.2. The molecule has 0 N–H and O–H groups in total. The highest BCUT2D eigenvalue weighted by Gasteiger charge is 2.19. The van der Waals surface area contributed by atoms with Crippen LogP contribution in [0.4, 0.5) is 10.3 Å². The smallest absolute Gasteiger partial charge is 0.225 e. The average Bonchev–Trinajstić information content (AvgIpc) is 3.63. The lowest BCUT2D eigenvalue weighted by Gasteiger charge is -2.26. The quantitative estimate of drug-likeness (QED) is 0.334. The first kappa shape index (κ1) is 22.7. The van der Waals surface area contributed by atoms with Crippen LogP contribution < -0.4 is 9.64 Å². The summed E-state index contributed by atoms with van der Waals surface area (Å²) < 4.78 is 23.6. The molecule has 0 aliphatic carbocycles. The number of rotatable bonds is 7. The van der Waals surface area contributed by atoms with Crippen LogP contribution >= 0.6 is 0 Å². The first-order valence-corrected chi connectivity index (χ1v) is 11.9. The summed E-state index contributed by atoms with van der Waals surface area (Å²) in [5.41, 5.74) is 4.93. The Labute approximate surface area is 211 Å². The molecule has 0 unspecified atom stereocenters. The Bertz CT molecular complexity index is 1560. The van der Waals surface area contributed by atoms with Crippen LogP contribution in [0.3, 0.4) is 0 Å². The lowest BCUT2D eigenvalue weighted by Crippen LogP contribution is -2.30. The molecule has 4 aromatic heterocycles. The van der Waals surface area contributed by atoms with E-state index in [4.69, 9.17) is 4.74 Å². The van der Waals surface area contributed by atoms with Gasteiger partial charge in [0.15, 0.2) is 11.5 Å². The van der Waals surface area contributed by atoms with E-state index in [1.165, 1.54) is 22.6 Å². The van der Waals surface area contributed by atoms with Crippen LogP contribution in [-0.2, 0) is 13.0 Å². The number of anilines is 1. The third-order valence-electron chi connectivity index (χ3n) is 6.31. The summed E-state index contributed by atoms with van der Waals surface area (Å²) in [7, 11) is 0. The van der Waals surface area contributed by atoms with Crippen LogP contribution in [0.25, 0.3) is 16.9 Å². The van der Waals surface area contributed by atoms with Crippen LogP contribution in [0.2, 0.25) is 0 Å². The molecule has 0 radical (unpaired) electrons. The molecular weight excluding hydrogens is 475 g/mol. The standard InChI is InChI=1S/C25H23FN10O/c1-2-17-12-29-25(30-13-17)34-8-5-18(6-9-34)23-14-28-24-21(27-7-10-35(23)24)15-37-19-3-4-22(20(26)11-19)36-16-31-32-33-36/h3-5,7,10-14,16H,2,6,8-9,15H2,1H3. The normalized spacial score (nSPS) is 13.7. The van der Waals surface area contributed by atoms with E-state index < -0.39 is 5.82 Å². The van der Waals surface area contributed by atoms with Gasteiger partial charge in [-0.2, -0.15) is 4.68 Å². The number of imidazole rings is 1. The summed E-state index contributed by atoms with van der Waals surface area (Å²) in [6.45, 7) is 3.77. The van der Waals surface area contributed by atoms with Crippen molar-refractivity contribution in [2.75, 3.05) is 18.0 Å². The predicted molar refractivity (Wildman–Crippen MR) is 133 cm³/mol. The second-order valence-electron chi connectivity index (χ2n) is 8.54. The number of hydrogen-bond acceptors (Lipinski definition) is 9. The number of nitrogens with zero attached hydrogens (tertiary/aromatic N) is 10. The van der Waals surface area contributed by atoms with Gasteiger partial charge in [-0.15, -0.1) is 5.10 Å². The Hall–Kier alpha value is -4.74. The van der Waals surface area contributed by atoms with Crippen molar-refractivity contribution in [2.45, 2.75) is 26.4 Å². The minimum absolute atomic E-state index is 0.141. The van der Waals surface area contributed by atoms with Crippen molar-refractivity contribution in [3.8, 4) is 11.4 Å².